The highest BCUT2D eigenvalue weighted by molar-refractivity contribution is 7.18. The lowest BCUT2D eigenvalue weighted by Gasteiger charge is -2.07. The van der Waals surface area contributed by atoms with Gasteiger partial charge in [-0.25, -0.2) is 5.84 Å². The molecule has 1 heterocycles. The number of amides is 1. The van der Waals surface area contributed by atoms with Crippen molar-refractivity contribution >= 4 is 27.9 Å². The molecule has 4 nitrogen and oxygen atoms in total. The summed E-state index contributed by atoms with van der Waals surface area (Å²) in [7, 11) is 0. The Kier molecular flexibility index (Phi) is 3.64. The van der Waals surface area contributed by atoms with Crippen molar-refractivity contribution in [1.29, 1.82) is 0 Å². The Morgan fingerprint density at radius 3 is 2.56 bits per heavy atom. The molecule has 0 aliphatic rings. The van der Waals surface area contributed by atoms with E-state index in [2.05, 4.69) is 10.7 Å². The lowest BCUT2D eigenvalue weighted by molar-refractivity contribution is 0.103. The number of nitrogens with two attached hydrogens (primary N) is 1. The summed E-state index contributed by atoms with van der Waals surface area (Å²) in [4.78, 5) is 12.8. The first kappa shape index (κ1) is 12.6. The molecule has 2 aromatic rings. The molecule has 1 amide bonds. The fourth-order valence-electron chi connectivity index (χ4n) is 1.67. The van der Waals surface area contributed by atoms with Gasteiger partial charge in [0.1, 0.15) is 5.00 Å². The molecule has 1 aromatic carbocycles. The van der Waals surface area contributed by atoms with E-state index in [1.807, 2.05) is 44.2 Å². The van der Waals surface area contributed by atoms with Crippen molar-refractivity contribution in [3.8, 4) is 0 Å². The van der Waals surface area contributed by atoms with Gasteiger partial charge in [-0.2, -0.15) is 0 Å². The van der Waals surface area contributed by atoms with Crippen LogP contribution >= 0.6 is 11.3 Å². The molecule has 94 valence electrons. The predicted molar refractivity (Wildman–Crippen MR) is 76.0 cm³/mol. The normalized spacial score (nSPS) is 10.2. The standard InChI is InChI=1S/C13H15N3OS/c1-8-5-3-4-6-10(8)15-13(17)12-9(2)7-11(16-14)18-12/h3-7,16H,14H2,1-2H3,(H,15,17). The Bertz CT molecular complexity index is 577. The second kappa shape index (κ2) is 5.20. The Labute approximate surface area is 110 Å². The third-order valence-electron chi connectivity index (χ3n) is 2.66. The van der Waals surface area contributed by atoms with Crippen LogP contribution in [0.1, 0.15) is 20.8 Å². The summed E-state index contributed by atoms with van der Waals surface area (Å²) in [5.74, 6) is 5.23. The van der Waals surface area contributed by atoms with Crippen molar-refractivity contribution in [3.63, 3.8) is 0 Å². The maximum atomic E-state index is 12.1. The molecular formula is C13H15N3OS. The zero-order valence-electron chi connectivity index (χ0n) is 10.3. The Morgan fingerprint density at radius 1 is 1.22 bits per heavy atom. The van der Waals surface area contributed by atoms with Crippen molar-refractivity contribution in [2.75, 3.05) is 10.7 Å². The summed E-state index contributed by atoms with van der Waals surface area (Å²) in [6, 6.07) is 9.55. The van der Waals surface area contributed by atoms with E-state index in [9.17, 15) is 4.79 Å². The van der Waals surface area contributed by atoms with E-state index < -0.39 is 0 Å². The van der Waals surface area contributed by atoms with Gasteiger partial charge in [0.25, 0.3) is 5.91 Å². The van der Waals surface area contributed by atoms with Gasteiger partial charge >= 0.3 is 0 Å². The van der Waals surface area contributed by atoms with E-state index in [1.54, 1.807) is 0 Å². The fraction of sp³-hybridized carbons (Fsp3) is 0.154. The quantitative estimate of drug-likeness (QED) is 0.588. The van der Waals surface area contributed by atoms with Crippen LogP contribution in [0.25, 0.3) is 0 Å². The highest BCUT2D eigenvalue weighted by atomic mass is 32.1. The summed E-state index contributed by atoms with van der Waals surface area (Å²) in [5, 5.41) is 3.69. The minimum atomic E-state index is -0.103. The van der Waals surface area contributed by atoms with E-state index >= 15 is 0 Å². The van der Waals surface area contributed by atoms with Crippen LogP contribution in [0.15, 0.2) is 30.3 Å². The van der Waals surface area contributed by atoms with Crippen LogP contribution in [0, 0.1) is 13.8 Å². The number of carbonyl (C=O) groups is 1. The van der Waals surface area contributed by atoms with Crippen LogP contribution in [-0.4, -0.2) is 5.91 Å². The van der Waals surface area contributed by atoms with Crippen molar-refractivity contribution in [1.82, 2.24) is 0 Å². The Morgan fingerprint density at radius 2 is 1.94 bits per heavy atom. The molecule has 0 fully saturated rings. The third-order valence-corrected chi connectivity index (χ3v) is 3.83. The van der Waals surface area contributed by atoms with Crippen molar-refractivity contribution in [3.05, 3.63) is 46.3 Å². The molecule has 18 heavy (non-hydrogen) atoms. The van der Waals surface area contributed by atoms with E-state index in [0.29, 0.717) is 4.88 Å². The molecule has 2 rings (SSSR count). The highest BCUT2D eigenvalue weighted by Gasteiger charge is 2.14. The molecule has 0 spiro atoms. The maximum Gasteiger partial charge on any atom is 0.266 e. The van der Waals surface area contributed by atoms with Crippen LogP contribution in [0.2, 0.25) is 0 Å². The molecule has 0 saturated heterocycles. The monoisotopic (exact) mass is 261 g/mol. The number of nitrogens with one attached hydrogen (secondary N) is 2. The first-order valence-corrected chi connectivity index (χ1v) is 6.37. The molecule has 1 aromatic heterocycles. The minimum absolute atomic E-state index is 0.103. The van der Waals surface area contributed by atoms with Gasteiger partial charge in [-0.05, 0) is 37.1 Å². The van der Waals surface area contributed by atoms with Gasteiger partial charge in [0.15, 0.2) is 0 Å². The number of anilines is 2. The lowest BCUT2D eigenvalue weighted by atomic mass is 10.2. The van der Waals surface area contributed by atoms with Crippen molar-refractivity contribution in [2.45, 2.75) is 13.8 Å². The number of hydrogen-bond acceptors (Lipinski definition) is 4. The van der Waals surface area contributed by atoms with Gasteiger partial charge in [0, 0.05) is 5.69 Å². The molecule has 5 heteroatoms. The largest absolute Gasteiger partial charge is 0.321 e. The Hall–Kier alpha value is -1.85. The van der Waals surface area contributed by atoms with E-state index in [0.717, 1.165) is 21.8 Å². The van der Waals surface area contributed by atoms with Gasteiger partial charge < -0.3 is 10.7 Å². The van der Waals surface area contributed by atoms with Crippen LogP contribution in [0.3, 0.4) is 0 Å². The van der Waals surface area contributed by atoms with Crippen molar-refractivity contribution < 1.29 is 4.79 Å². The molecular weight excluding hydrogens is 246 g/mol. The van der Waals surface area contributed by atoms with E-state index in [4.69, 9.17) is 5.84 Å². The van der Waals surface area contributed by atoms with Crippen molar-refractivity contribution in [2.24, 2.45) is 5.84 Å². The summed E-state index contributed by atoms with van der Waals surface area (Å²) in [5.41, 5.74) is 5.34. The van der Waals surface area contributed by atoms with E-state index in [1.165, 1.54) is 11.3 Å². The zero-order valence-corrected chi connectivity index (χ0v) is 11.1. The zero-order chi connectivity index (χ0) is 13.1. The highest BCUT2D eigenvalue weighted by Crippen LogP contribution is 2.27. The lowest BCUT2D eigenvalue weighted by Crippen LogP contribution is -2.12. The number of nitrogen functional groups attached to an aromatic ring is 1. The molecule has 0 bridgehead atoms. The van der Waals surface area contributed by atoms with Gasteiger partial charge in [-0.15, -0.1) is 11.3 Å². The van der Waals surface area contributed by atoms with Crippen LogP contribution in [0.4, 0.5) is 10.7 Å². The number of aryl methyl sites for hydroxylation is 2. The Balaban J connectivity index is 2.22. The van der Waals surface area contributed by atoms with Crippen LogP contribution < -0.4 is 16.6 Å². The number of thiophene rings is 1. The second-order valence-corrected chi connectivity index (χ2v) is 5.09. The average Bonchev–Trinajstić information content (AvgIpc) is 2.73. The third kappa shape index (κ3) is 2.52. The molecule has 0 aliphatic heterocycles. The molecule has 0 unspecified atom stereocenters. The minimum Gasteiger partial charge on any atom is -0.321 e. The number of hydrogen-bond donors (Lipinski definition) is 3. The number of benzene rings is 1. The average molecular weight is 261 g/mol. The van der Waals surface area contributed by atoms with Gasteiger partial charge in [-0.3, -0.25) is 4.79 Å². The smallest absolute Gasteiger partial charge is 0.266 e. The van der Waals surface area contributed by atoms with Crippen LogP contribution in [-0.2, 0) is 0 Å². The van der Waals surface area contributed by atoms with Gasteiger partial charge in [0.2, 0.25) is 0 Å². The van der Waals surface area contributed by atoms with Gasteiger partial charge in [0.05, 0.1) is 4.88 Å². The summed E-state index contributed by atoms with van der Waals surface area (Å²) in [6.45, 7) is 3.86. The topological polar surface area (TPSA) is 67.2 Å². The summed E-state index contributed by atoms with van der Waals surface area (Å²) in [6.07, 6.45) is 0. The number of para-hydroxylation sites is 1. The molecule has 0 atom stereocenters. The SMILES string of the molecule is Cc1ccccc1NC(=O)c1sc(NN)cc1C. The number of rotatable bonds is 3. The number of carbonyl (C=O) groups excluding carboxylic acids is 1. The first-order valence-electron chi connectivity index (χ1n) is 5.56. The molecule has 4 N–H and O–H groups in total. The summed E-state index contributed by atoms with van der Waals surface area (Å²) >= 11 is 1.34. The predicted octanol–water partition coefficient (Wildman–Crippen LogP) is 2.90. The molecule has 0 saturated carbocycles. The van der Waals surface area contributed by atoms with Gasteiger partial charge in [-0.1, -0.05) is 18.2 Å². The van der Waals surface area contributed by atoms with E-state index in [-0.39, 0.29) is 5.91 Å². The second-order valence-electron chi connectivity index (χ2n) is 4.04. The molecule has 0 aliphatic carbocycles. The first-order chi connectivity index (χ1) is 8.61. The maximum absolute atomic E-state index is 12.1. The van der Waals surface area contributed by atoms with Crippen LogP contribution in [0.5, 0.6) is 0 Å². The summed E-state index contributed by atoms with van der Waals surface area (Å²) < 4.78 is 0. The number of hydrazine groups is 1. The fourth-order valence-corrected chi connectivity index (χ4v) is 2.55. The molecule has 0 radical (unpaired) electrons.